The highest BCUT2D eigenvalue weighted by molar-refractivity contribution is 7.13. The minimum Gasteiger partial charge on any atom is -0.497 e. The molecule has 4 rings (SSSR count). The van der Waals surface area contributed by atoms with Gasteiger partial charge in [-0.25, -0.2) is 9.59 Å². The van der Waals surface area contributed by atoms with Crippen LogP contribution in [-0.4, -0.2) is 33.3 Å². The second-order valence-electron chi connectivity index (χ2n) is 5.73. The van der Waals surface area contributed by atoms with E-state index in [-0.39, 0.29) is 13.2 Å². The summed E-state index contributed by atoms with van der Waals surface area (Å²) in [5, 5.41) is 14.5. The fraction of sp³-hybridized carbons (Fsp3) is 0.167. The van der Waals surface area contributed by atoms with E-state index in [0.29, 0.717) is 28.1 Å². The van der Waals surface area contributed by atoms with Gasteiger partial charge in [0.1, 0.15) is 17.9 Å². The van der Waals surface area contributed by atoms with E-state index < -0.39 is 11.6 Å². The Balaban J connectivity index is 1.46. The molecule has 0 unspecified atom stereocenters. The van der Waals surface area contributed by atoms with Gasteiger partial charge in [-0.1, -0.05) is 6.07 Å². The van der Waals surface area contributed by atoms with E-state index in [2.05, 4.69) is 15.4 Å². The van der Waals surface area contributed by atoms with Crippen LogP contribution in [0.5, 0.6) is 5.75 Å². The van der Waals surface area contributed by atoms with Gasteiger partial charge in [-0.3, -0.25) is 0 Å². The summed E-state index contributed by atoms with van der Waals surface area (Å²) >= 11 is 1.48. The average molecular weight is 398 g/mol. The van der Waals surface area contributed by atoms with Crippen molar-refractivity contribution in [3.8, 4) is 16.5 Å². The molecular formula is C18H14N4O5S. The monoisotopic (exact) mass is 398 g/mol. The average Bonchev–Trinajstić information content (AvgIpc) is 3.37. The third-order valence-electron chi connectivity index (χ3n) is 3.89. The van der Waals surface area contributed by atoms with Crippen molar-refractivity contribution in [2.45, 2.75) is 13.2 Å². The van der Waals surface area contributed by atoms with Gasteiger partial charge in [0.25, 0.3) is 0 Å². The smallest absolute Gasteiger partial charge is 0.336 e. The molecule has 0 fully saturated rings. The molecule has 10 heteroatoms. The maximum Gasteiger partial charge on any atom is 0.336 e. The summed E-state index contributed by atoms with van der Waals surface area (Å²) in [5.41, 5.74) is 0.356. The molecule has 3 aromatic heterocycles. The van der Waals surface area contributed by atoms with Crippen molar-refractivity contribution in [1.82, 2.24) is 20.2 Å². The van der Waals surface area contributed by atoms with Crippen LogP contribution < -0.4 is 10.4 Å². The number of thiophene rings is 1. The molecule has 0 amide bonds. The minimum atomic E-state index is -0.551. The predicted octanol–water partition coefficient (Wildman–Crippen LogP) is 2.26. The van der Waals surface area contributed by atoms with E-state index in [9.17, 15) is 9.59 Å². The van der Waals surface area contributed by atoms with Gasteiger partial charge >= 0.3 is 11.6 Å². The Labute approximate surface area is 162 Å². The zero-order chi connectivity index (χ0) is 19.5. The van der Waals surface area contributed by atoms with Crippen molar-refractivity contribution >= 4 is 28.3 Å². The molecule has 0 atom stereocenters. The number of benzene rings is 1. The molecule has 0 saturated heterocycles. The molecule has 0 N–H and O–H groups in total. The van der Waals surface area contributed by atoms with Gasteiger partial charge in [0.2, 0.25) is 5.82 Å². The molecule has 0 saturated carbocycles. The zero-order valence-electron chi connectivity index (χ0n) is 14.7. The third-order valence-corrected chi connectivity index (χ3v) is 4.76. The van der Waals surface area contributed by atoms with E-state index in [0.717, 1.165) is 4.88 Å². The Morgan fingerprint density at radius 2 is 2.18 bits per heavy atom. The van der Waals surface area contributed by atoms with Gasteiger partial charge < -0.3 is 13.9 Å². The Bertz CT molecular complexity index is 1180. The Morgan fingerprint density at radius 1 is 1.29 bits per heavy atom. The summed E-state index contributed by atoms with van der Waals surface area (Å²) in [6, 6.07) is 10.1. The van der Waals surface area contributed by atoms with Gasteiger partial charge in [0.05, 0.1) is 12.0 Å². The SMILES string of the molecule is COc1ccc2c(COC(=O)Cn3nnc(-c4cccs4)n3)cc(=O)oc2c1. The first-order chi connectivity index (χ1) is 13.6. The molecular weight excluding hydrogens is 384 g/mol. The first-order valence-corrected chi connectivity index (χ1v) is 9.08. The molecule has 4 aromatic rings. The number of tetrazole rings is 1. The summed E-state index contributed by atoms with van der Waals surface area (Å²) in [6.07, 6.45) is 0. The number of ether oxygens (including phenoxy) is 2. The summed E-state index contributed by atoms with van der Waals surface area (Å²) in [4.78, 5) is 25.9. The van der Waals surface area contributed by atoms with Crippen molar-refractivity contribution < 1.29 is 18.7 Å². The molecule has 0 aliphatic carbocycles. The normalized spacial score (nSPS) is 10.9. The van der Waals surface area contributed by atoms with Crippen LogP contribution in [0, 0.1) is 0 Å². The molecule has 3 heterocycles. The van der Waals surface area contributed by atoms with E-state index >= 15 is 0 Å². The van der Waals surface area contributed by atoms with Crippen LogP contribution >= 0.6 is 11.3 Å². The van der Waals surface area contributed by atoms with Crippen molar-refractivity contribution in [2.24, 2.45) is 0 Å². The highest BCUT2D eigenvalue weighted by Gasteiger charge is 2.13. The Hall–Kier alpha value is -3.53. The van der Waals surface area contributed by atoms with Crippen LogP contribution in [0.3, 0.4) is 0 Å². The van der Waals surface area contributed by atoms with E-state index in [1.807, 2.05) is 17.5 Å². The quantitative estimate of drug-likeness (QED) is 0.359. The number of carbonyl (C=O) groups excluding carboxylic acids is 1. The molecule has 0 radical (unpaired) electrons. The molecule has 1 aromatic carbocycles. The van der Waals surface area contributed by atoms with E-state index in [1.54, 1.807) is 18.2 Å². The fourth-order valence-corrected chi connectivity index (χ4v) is 3.24. The van der Waals surface area contributed by atoms with E-state index in [4.69, 9.17) is 13.9 Å². The number of hydrogen-bond donors (Lipinski definition) is 0. The predicted molar refractivity (Wildman–Crippen MR) is 100.0 cm³/mol. The fourth-order valence-electron chi connectivity index (χ4n) is 2.59. The van der Waals surface area contributed by atoms with Crippen LogP contribution in [0.15, 0.2) is 51.0 Å². The highest BCUT2D eigenvalue weighted by Crippen LogP contribution is 2.23. The number of fused-ring (bicyclic) bond motifs is 1. The van der Waals surface area contributed by atoms with Gasteiger partial charge in [-0.2, -0.15) is 4.80 Å². The maximum absolute atomic E-state index is 12.1. The maximum atomic E-state index is 12.1. The number of esters is 1. The number of rotatable bonds is 6. The van der Waals surface area contributed by atoms with E-state index in [1.165, 1.54) is 29.3 Å². The number of hydrogen-bond acceptors (Lipinski definition) is 9. The standard InChI is InChI=1S/C18H14N4O5S/c1-25-12-4-5-13-11(7-16(23)27-14(13)8-12)10-26-17(24)9-22-20-18(19-21-22)15-3-2-6-28-15/h2-8H,9-10H2,1H3. The first-order valence-electron chi connectivity index (χ1n) is 8.20. The molecule has 0 bridgehead atoms. The zero-order valence-corrected chi connectivity index (χ0v) is 15.5. The minimum absolute atomic E-state index is 0.0836. The van der Waals surface area contributed by atoms with Crippen LogP contribution in [0.2, 0.25) is 0 Å². The lowest BCUT2D eigenvalue weighted by molar-refractivity contribution is -0.146. The van der Waals surface area contributed by atoms with Gasteiger partial charge in [0, 0.05) is 23.1 Å². The molecule has 0 aliphatic rings. The number of methoxy groups -OCH3 is 1. The Kier molecular flexibility index (Phi) is 4.85. The first kappa shape index (κ1) is 17.9. The number of aromatic nitrogens is 4. The summed E-state index contributed by atoms with van der Waals surface area (Å²) in [7, 11) is 1.52. The largest absolute Gasteiger partial charge is 0.497 e. The second-order valence-corrected chi connectivity index (χ2v) is 6.68. The summed E-state index contributed by atoms with van der Waals surface area (Å²) in [6.45, 7) is -0.273. The molecule has 142 valence electrons. The van der Waals surface area contributed by atoms with Crippen molar-refractivity contribution in [2.75, 3.05) is 7.11 Å². The van der Waals surface area contributed by atoms with Gasteiger partial charge in [-0.15, -0.1) is 21.5 Å². The van der Waals surface area contributed by atoms with Crippen LogP contribution in [-0.2, 0) is 22.7 Å². The second kappa shape index (κ2) is 7.61. The molecule has 0 spiro atoms. The highest BCUT2D eigenvalue weighted by atomic mass is 32.1. The van der Waals surface area contributed by atoms with Gasteiger partial charge in [-0.05, 0) is 28.8 Å². The molecule has 9 nitrogen and oxygen atoms in total. The van der Waals surface area contributed by atoms with Gasteiger partial charge in [0.15, 0.2) is 6.54 Å². The lowest BCUT2D eigenvalue weighted by atomic mass is 10.1. The topological polar surface area (TPSA) is 109 Å². The lowest BCUT2D eigenvalue weighted by Gasteiger charge is -2.08. The number of carbonyl (C=O) groups is 1. The summed E-state index contributed by atoms with van der Waals surface area (Å²) < 4.78 is 15.6. The van der Waals surface area contributed by atoms with Crippen molar-refractivity contribution in [3.05, 3.63) is 57.8 Å². The lowest BCUT2D eigenvalue weighted by Crippen LogP contribution is -2.16. The molecule has 28 heavy (non-hydrogen) atoms. The number of nitrogens with zero attached hydrogens (tertiary/aromatic N) is 4. The third kappa shape index (κ3) is 3.76. The summed E-state index contributed by atoms with van der Waals surface area (Å²) in [5.74, 6) is 0.456. The van der Waals surface area contributed by atoms with Crippen molar-refractivity contribution in [3.63, 3.8) is 0 Å². The Morgan fingerprint density at radius 3 is 2.96 bits per heavy atom. The van der Waals surface area contributed by atoms with Crippen LogP contribution in [0.4, 0.5) is 0 Å². The molecule has 0 aliphatic heterocycles. The van der Waals surface area contributed by atoms with Crippen molar-refractivity contribution in [1.29, 1.82) is 0 Å². The van der Waals surface area contributed by atoms with Crippen LogP contribution in [0.25, 0.3) is 21.7 Å². The van der Waals surface area contributed by atoms with Crippen LogP contribution in [0.1, 0.15) is 5.56 Å².